The first-order valence-corrected chi connectivity index (χ1v) is 7.48. The Morgan fingerprint density at radius 3 is 2.48 bits per heavy atom. The van der Waals surface area contributed by atoms with Gasteiger partial charge in [0.15, 0.2) is 5.13 Å². The van der Waals surface area contributed by atoms with Gasteiger partial charge in [-0.2, -0.15) is 0 Å². The number of hydrogen-bond donors (Lipinski definition) is 4. The van der Waals surface area contributed by atoms with Crippen LogP contribution in [0, 0.1) is 0 Å². The van der Waals surface area contributed by atoms with E-state index in [1.165, 1.54) is 18.3 Å². The van der Waals surface area contributed by atoms with E-state index in [1.54, 1.807) is 29.6 Å². The lowest BCUT2D eigenvalue weighted by Gasteiger charge is -2.05. The van der Waals surface area contributed by atoms with Crippen LogP contribution in [0.1, 0.15) is 23.0 Å². The van der Waals surface area contributed by atoms with Gasteiger partial charge in [0.1, 0.15) is 5.69 Å². The summed E-state index contributed by atoms with van der Waals surface area (Å²) in [4.78, 5) is 38.2. The summed E-state index contributed by atoms with van der Waals surface area (Å²) in [6.45, 7) is 1.37. The Morgan fingerprint density at radius 2 is 1.87 bits per heavy atom. The monoisotopic (exact) mass is 333 g/mol. The molecule has 120 valence electrons. The zero-order chi connectivity index (χ0) is 16.8. The number of amides is 3. The highest BCUT2D eigenvalue weighted by atomic mass is 32.1. The van der Waals surface area contributed by atoms with Crippen molar-refractivity contribution in [1.29, 1.82) is 0 Å². The van der Waals surface area contributed by atoms with Gasteiger partial charge in [-0.05, 0) is 17.7 Å². The van der Waals surface area contributed by atoms with E-state index in [0.717, 1.165) is 5.56 Å². The number of carbonyl (C=O) groups is 3. The van der Waals surface area contributed by atoms with E-state index in [1.807, 2.05) is 0 Å². The van der Waals surface area contributed by atoms with E-state index in [4.69, 9.17) is 5.84 Å². The Bertz CT molecular complexity index is 726. The van der Waals surface area contributed by atoms with Crippen LogP contribution >= 0.6 is 11.3 Å². The van der Waals surface area contributed by atoms with Crippen molar-refractivity contribution in [2.75, 3.05) is 10.6 Å². The molecule has 0 fully saturated rings. The summed E-state index contributed by atoms with van der Waals surface area (Å²) in [7, 11) is 0. The number of nitrogens with one attached hydrogen (secondary N) is 3. The Kier molecular flexibility index (Phi) is 5.39. The van der Waals surface area contributed by atoms with E-state index in [2.05, 4.69) is 21.0 Å². The van der Waals surface area contributed by atoms with Crippen molar-refractivity contribution in [3.63, 3.8) is 0 Å². The van der Waals surface area contributed by atoms with E-state index >= 15 is 0 Å². The van der Waals surface area contributed by atoms with Gasteiger partial charge in [0.05, 0.1) is 6.42 Å². The number of thiazole rings is 1. The van der Waals surface area contributed by atoms with Crippen molar-refractivity contribution >= 4 is 39.9 Å². The molecular formula is C14H15N5O3S. The second-order valence-corrected chi connectivity index (χ2v) is 5.47. The molecule has 1 heterocycles. The molecule has 0 aliphatic heterocycles. The van der Waals surface area contributed by atoms with Crippen LogP contribution < -0.4 is 21.9 Å². The van der Waals surface area contributed by atoms with Crippen LogP contribution in [0.5, 0.6) is 0 Å². The summed E-state index contributed by atoms with van der Waals surface area (Å²) >= 11 is 1.17. The molecule has 0 radical (unpaired) electrons. The number of carbonyl (C=O) groups excluding carboxylic acids is 3. The Balaban J connectivity index is 1.98. The van der Waals surface area contributed by atoms with Gasteiger partial charge in [-0.1, -0.05) is 12.1 Å². The van der Waals surface area contributed by atoms with Crippen LogP contribution in [-0.2, 0) is 16.0 Å². The molecule has 0 spiro atoms. The molecule has 1 aromatic heterocycles. The highest BCUT2D eigenvalue weighted by molar-refractivity contribution is 7.14. The average Bonchev–Trinajstić information content (AvgIpc) is 2.97. The maximum atomic E-state index is 12.1. The minimum Gasteiger partial charge on any atom is -0.321 e. The van der Waals surface area contributed by atoms with Gasteiger partial charge in [0, 0.05) is 18.0 Å². The van der Waals surface area contributed by atoms with Crippen LogP contribution in [0.25, 0.3) is 0 Å². The predicted octanol–water partition coefficient (Wildman–Crippen LogP) is 0.886. The van der Waals surface area contributed by atoms with Gasteiger partial charge in [0.2, 0.25) is 11.8 Å². The minimum atomic E-state index is -0.384. The highest BCUT2D eigenvalue weighted by Crippen LogP contribution is 2.17. The summed E-state index contributed by atoms with van der Waals surface area (Å²) in [5.41, 5.74) is 3.61. The summed E-state index contributed by atoms with van der Waals surface area (Å²) in [6.07, 6.45) is 0.164. The number of rotatable bonds is 5. The predicted molar refractivity (Wildman–Crippen MR) is 86.8 cm³/mol. The first-order chi connectivity index (χ1) is 11.0. The van der Waals surface area contributed by atoms with Gasteiger partial charge in [-0.25, -0.2) is 10.8 Å². The second-order valence-electron chi connectivity index (χ2n) is 4.61. The lowest BCUT2D eigenvalue weighted by molar-refractivity contribution is -0.120. The lowest BCUT2D eigenvalue weighted by atomic mass is 10.1. The van der Waals surface area contributed by atoms with Crippen LogP contribution in [0.2, 0.25) is 0 Å². The molecule has 23 heavy (non-hydrogen) atoms. The number of nitrogens with zero attached hydrogens (tertiary/aromatic N) is 1. The Labute approximate surface area is 136 Å². The molecule has 0 unspecified atom stereocenters. The molecule has 2 rings (SSSR count). The molecule has 8 nitrogen and oxygen atoms in total. The van der Waals surface area contributed by atoms with Crippen molar-refractivity contribution in [2.45, 2.75) is 13.3 Å². The van der Waals surface area contributed by atoms with Crippen LogP contribution in [0.3, 0.4) is 0 Å². The molecule has 3 amide bonds. The SMILES string of the molecule is CC(=O)Nc1nc(C(=O)Nc2ccc(CC(=O)NN)cc2)cs1. The van der Waals surface area contributed by atoms with E-state index in [9.17, 15) is 14.4 Å². The molecule has 0 aliphatic carbocycles. The van der Waals surface area contributed by atoms with Crippen LogP contribution in [0.4, 0.5) is 10.8 Å². The molecule has 0 saturated heterocycles. The smallest absolute Gasteiger partial charge is 0.275 e. The maximum Gasteiger partial charge on any atom is 0.275 e. The van der Waals surface area contributed by atoms with Crippen molar-refractivity contribution in [3.8, 4) is 0 Å². The molecule has 0 saturated carbocycles. The van der Waals surface area contributed by atoms with E-state index < -0.39 is 0 Å². The third-order valence-corrected chi connectivity index (χ3v) is 3.51. The number of anilines is 2. The normalized spacial score (nSPS) is 10.0. The highest BCUT2D eigenvalue weighted by Gasteiger charge is 2.12. The van der Waals surface area contributed by atoms with E-state index in [-0.39, 0.29) is 29.8 Å². The topological polar surface area (TPSA) is 126 Å². The zero-order valence-electron chi connectivity index (χ0n) is 12.3. The summed E-state index contributed by atoms with van der Waals surface area (Å²) in [5.74, 6) is 4.10. The van der Waals surface area contributed by atoms with Crippen LogP contribution in [0.15, 0.2) is 29.6 Å². The van der Waals surface area contributed by atoms with Crippen molar-refractivity contribution < 1.29 is 14.4 Å². The fraction of sp³-hybridized carbons (Fsp3) is 0.143. The third kappa shape index (κ3) is 4.87. The lowest BCUT2D eigenvalue weighted by Crippen LogP contribution is -2.31. The molecular weight excluding hydrogens is 318 g/mol. The van der Waals surface area contributed by atoms with Gasteiger partial charge in [0.25, 0.3) is 5.91 Å². The summed E-state index contributed by atoms with van der Waals surface area (Å²) < 4.78 is 0. The number of benzene rings is 1. The number of hydrazine groups is 1. The first kappa shape index (κ1) is 16.6. The number of nitrogens with two attached hydrogens (primary N) is 1. The number of aromatic nitrogens is 1. The fourth-order valence-electron chi connectivity index (χ4n) is 1.72. The van der Waals surface area contributed by atoms with Gasteiger partial charge in [-0.15, -0.1) is 11.3 Å². The second kappa shape index (κ2) is 7.47. The standard InChI is InChI=1S/C14H15N5O3S/c1-8(20)16-14-18-11(7-23-14)13(22)17-10-4-2-9(3-5-10)6-12(21)19-15/h2-5,7H,6,15H2,1H3,(H,17,22)(H,19,21)(H,16,18,20). The Morgan fingerprint density at radius 1 is 1.17 bits per heavy atom. The minimum absolute atomic E-state index is 0.164. The molecule has 0 bridgehead atoms. The summed E-state index contributed by atoms with van der Waals surface area (Å²) in [5, 5.41) is 7.12. The number of hydrogen-bond acceptors (Lipinski definition) is 6. The zero-order valence-corrected chi connectivity index (χ0v) is 13.1. The molecule has 0 atom stereocenters. The Hall–Kier alpha value is -2.78. The van der Waals surface area contributed by atoms with Gasteiger partial charge >= 0.3 is 0 Å². The average molecular weight is 333 g/mol. The van der Waals surface area contributed by atoms with Gasteiger partial charge in [-0.3, -0.25) is 19.8 Å². The first-order valence-electron chi connectivity index (χ1n) is 6.61. The van der Waals surface area contributed by atoms with Crippen molar-refractivity contribution in [1.82, 2.24) is 10.4 Å². The van der Waals surface area contributed by atoms with Crippen molar-refractivity contribution in [2.24, 2.45) is 5.84 Å². The molecule has 9 heteroatoms. The fourth-order valence-corrected chi connectivity index (χ4v) is 2.46. The largest absolute Gasteiger partial charge is 0.321 e. The summed E-state index contributed by atoms with van der Waals surface area (Å²) in [6, 6.07) is 6.79. The van der Waals surface area contributed by atoms with Gasteiger partial charge < -0.3 is 10.6 Å². The maximum absolute atomic E-state index is 12.1. The molecule has 1 aromatic carbocycles. The molecule has 2 aromatic rings. The molecule has 5 N–H and O–H groups in total. The van der Waals surface area contributed by atoms with Crippen molar-refractivity contribution in [3.05, 3.63) is 40.9 Å². The van der Waals surface area contributed by atoms with Crippen LogP contribution in [-0.4, -0.2) is 22.7 Å². The quantitative estimate of drug-likeness (QED) is 0.367. The molecule has 0 aliphatic rings. The third-order valence-electron chi connectivity index (χ3n) is 2.76. The van der Waals surface area contributed by atoms with E-state index in [0.29, 0.717) is 10.8 Å².